The number of anilines is 1. The van der Waals surface area contributed by atoms with Crippen LogP contribution in [0.2, 0.25) is 10.0 Å². The Bertz CT molecular complexity index is 292. The average molecular weight is 203 g/mol. The maximum Gasteiger partial charge on any atom is 0.224 e. The van der Waals surface area contributed by atoms with Gasteiger partial charge in [0.25, 0.3) is 0 Å². The number of benzene rings is 1. The minimum Gasteiger partial charge on any atom is -0.326 e. The summed E-state index contributed by atoms with van der Waals surface area (Å²) in [6.45, 7) is 3.16. The Morgan fingerprint density at radius 3 is 2.17 bits per heavy atom. The molecule has 0 aliphatic carbocycles. The van der Waals surface area contributed by atoms with Gasteiger partial charge >= 0.3 is 0 Å². The van der Waals surface area contributed by atoms with Gasteiger partial charge in [0.2, 0.25) is 5.91 Å². The van der Waals surface area contributed by atoms with E-state index in [0.29, 0.717) is 15.7 Å². The highest BCUT2D eigenvalue weighted by Crippen LogP contribution is 2.22. The van der Waals surface area contributed by atoms with Gasteiger partial charge in [-0.05, 0) is 18.2 Å². The Balaban J connectivity index is 2.93. The van der Waals surface area contributed by atoms with Gasteiger partial charge < -0.3 is 5.32 Å². The Morgan fingerprint density at radius 2 is 1.75 bits per heavy atom. The standard InChI is InChI=1S/C8H6Cl2NO/c1-5(12)11-8-3-6(9)2-7(10)4-8/h2-4H,1H2,(H,11,12). The van der Waals surface area contributed by atoms with Gasteiger partial charge in [0, 0.05) is 22.7 Å². The van der Waals surface area contributed by atoms with Crippen LogP contribution in [0.25, 0.3) is 0 Å². The molecule has 0 aliphatic heterocycles. The molecule has 0 saturated carbocycles. The Morgan fingerprint density at radius 1 is 1.25 bits per heavy atom. The molecule has 1 aromatic rings. The maximum absolute atomic E-state index is 10.5. The fourth-order valence-electron chi connectivity index (χ4n) is 0.787. The fourth-order valence-corrected chi connectivity index (χ4v) is 1.31. The summed E-state index contributed by atoms with van der Waals surface area (Å²) in [4.78, 5) is 10.5. The molecule has 0 aromatic heterocycles. The molecule has 0 fully saturated rings. The van der Waals surface area contributed by atoms with Crippen LogP contribution >= 0.6 is 23.2 Å². The van der Waals surface area contributed by atoms with E-state index in [1.165, 1.54) is 0 Å². The second kappa shape index (κ2) is 3.78. The highest BCUT2D eigenvalue weighted by atomic mass is 35.5. The van der Waals surface area contributed by atoms with Gasteiger partial charge in [0.15, 0.2) is 0 Å². The summed E-state index contributed by atoms with van der Waals surface area (Å²) < 4.78 is 0. The minimum absolute atomic E-state index is 0.395. The average Bonchev–Trinajstić information content (AvgIpc) is 1.81. The molecule has 1 radical (unpaired) electrons. The van der Waals surface area contributed by atoms with E-state index in [1.54, 1.807) is 18.2 Å². The maximum atomic E-state index is 10.5. The summed E-state index contributed by atoms with van der Waals surface area (Å²) in [6, 6.07) is 4.77. The van der Waals surface area contributed by atoms with Crippen LogP contribution in [0.15, 0.2) is 18.2 Å². The summed E-state index contributed by atoms with van der Waals surface area (Å²) in [5.74, 6) is -0.395. The van der Waals surface area contributed by atoms with E-state index < -0.39 is 5.91 Å². The summed E-state index contributed by atoms with van der Waals surface area (Å²) in [6.07, 6.45) is 0. The van der Waals surface area contributed by atoms with Crippen molar-refractivity contribution in [3.05, 3.63) is 35.2 Å². The van der Waals surface area contributed by atoms with Gasteiger partial charge in [-0.3, -0.25) is 4.79 Å². The first-order chi connectivity index (χ1) is 5.58. The lowest BCUT2D eigenvalue weighted by Gasteiger charge is -2.02. The molecule has 0 saturated heterocycles. The smallest absolute Gasteiger partial charge is 0.224 e. The molecule has 1 amide bonds. The number of halogens is 2. The quantitative estimate of drug-likeness (QED) is 0.746. The van der Waals surface area contributed by atoms with Crippen LogP contribution in [-0.4, -0.2) is 5.91 Å². The van der Waals surface area contributed by atoms with Crippen LogP contribution in [-0.2, 0) is 4.79 Å². The minimum atomic E-state index is -0.395. The van der Waals surface area contributed by atoms with Crippen molar-refractivity contribution < 1.29 is 4.79 Å². The summed E-state index contributed by atoms with van der Waals surface area (Å²) in [5, 5.41) is 3.42. The number of rotatable bonds is 1. The number of hydrogen-bond donors (Lipinski definition) is 1. The zero-order chi connectivity index (χ0) is 9.14. The Kier molecular flexibility index (Phi) is 2.95. The predicted molar refractivity (Wildman–Crippen MR) is 50.4 cm³/mol. The highest BCUT2D eigenvalue weighted by Gasteiger charge is 1.98. The van der Waals surface area contributed by atoms with E-state index in [4.69, 9.17) is 23.2 Å². The van der Waals surface area contributed by atoms with E-state index in [9.17, 15) is 4.79 Å². The molecule has 63 valence electrons. The molecular weight excluding hydrogens is 197 g/mol. The number of carbonyl (C=O) groups excluding carboxylic acids is 1. The second-order valence-electron chi connectivity index (χ2n) is 2.21. The zero-order valence-electron chi connectivity index (χ0n) is 6.10. The van der Waals surface area contributed by atoms with Gasteiger partial charge in [-0.15, -0.1) is 0 Å². The Hall–Kier alpha value is -0.730. The molecule has 12 heavy (non-hydrogen) atoms. The SMILES string of the molecule is [CH2]C(=O)Nc1cc(Cl)cc(Cl)c1. The number of hydrogen-bond acceptors (Lipinski definition) is 1. The van der Waals surface area contributed by atoms with E-state index >= 15 is 0 Å². The molecule has 0 bridgehead atoms. The molecule has 1 rings (SSSR count). The van der Waals surface area contributed by atoms with Crippen LogP contribution in [0.4, 0.5) is 5.69 Å². The van der Waals surface area contributed by atoms with Crippen molar-refractivity contribution in [1.82, 2.24) is 0 Å². The van der Waals surface area contributed by atoms with Crippen molar-refractivity contribution >= 4 is 34.8 Å². The summed E-state index contributed by atoms with van der Waals surface area (Å²) in [7, 11) is 0. The number of nitrogens with one attached hydrogen (secondary N) is 1. The normalized spacial score (nSPS) is 9.58. The topological polar surface area (TPSA) is 29.1 Å². The zero-order valence-corrected chi connectivity index (χ0v) is 7.62. The highest BCUT2D eigenvalue weighted by molar-refractivity contribution is 6.35. The van der Waals surface area contributed by atoms with Crippen molar-refractivity contribution in [3.8, 4) is 0 Å². The van der Waals surface area contributed by atoms with Gasteiger partial charge in [0.1, 0.15) is 0 Å². The lowest BCUT2D eigenvalue weighted by Crippen LogP contribution is -2.05. The van der Waals surface area contributed by atoms with Crippen LogP contribution in [0.1, 0.15) is 0 Å². The van der Waals surface area contributed by atoms with Gasteiger partial charge in [-0.25, -0.2) is 0 Å². The molecule has 0 atom stereocenters. The molecule has 1 aromatic carbocycles. The molecule has 4 heteroatoms. The summed E-state index contributed by atoms with van der Waals surface area (Å²) >= 11 is 11.4. The van der Waals surface area contributed by atoms with Crippen molar-refractivity contribution in [2.45, 2.75) is 0 Å². The van der Waals surface area contributed by atoms with E-state index in [0.717, 1.165) is 0 Å². The lowest BCUT2D eigenvalue weighted by atomic mass is 10.3. The predicted octanol–water partition coefficient (Wildman–Crippen LogP) is 2.77. The molecule has 0 aliphatic rings. The van der Waals surface area contributed by atoms with Crippen LogP contribution in [0.3, 0.4) is 0 Å². The third kappa shape index (κ3) is 2.72. The third-order valence-electron chi connectivity index (χ3n) is 1.15. The van der Waals surface area contributed by atoms with E-state index in [-0.39, 0.29) is 0 Å². The summed E-state index contributed by atoms with van der Waals surface area (Å²) in [5.41, 5.74) is 0.549. The lowest BCUT2D eigenvalue weighted by molar-refractivity contribution is -0.112. The second-order valence-corrected chi connectivity index (χ2v) is 3.08. The molecule has 0 heterocycles. The van der Waals surface area contributed by atoms with Crippen LogP contribution in [0, 0.1) is 6.92 Å². The fraction of sp³-hybridized carbons (Fsp3) is 0. The van der Waals surface area contributed by atoms with Crippen molar-refractivity contribution in [3.63, 3.8) is 0 Å². The first kappa shape index (κ1) is 9.36. The van der Waals surface area contributed by atoms with Crippen LogP contribution < -0.4 is 5.32 Å². The molecule has 2 nitrogen and oxygen atoms in total. The first-order valence-corrected chi connectivity index (χ1v) is 3.92. The third-order valence-corrected chi connectivity index (χ3v) is 1.58. The monoisotopic (exact) mass is 202 g/mol. The van der Waals surface area contributed by atoms with Crippen molar-refractivity contribution in [2.75, 3.05) is 5.32 Å². The molecule has 0 spiro atoms. The molecule has 1 N–H and O–H groups in total. The van der Waals surface area contributed by atoms with E-state index in [2.05, 4.69) is 12.2 Å². The van der Waals surface area contributed by atoms with Crippen molar-refractivity contribution in [1.29, 1.82) is 0 Å². The number of carbonyl (C=O) groups is 1. The van der Waals surface area contributed by atoms with Crippen LogP contribution in [0.5, 0.6) is 0 Å². The first-order valence-electron chi connectivity index (χ1n) is 3.17. The molecule has 0 unspecified atom stereocenters. The molecular formula is C8H6Cl2NO. The largest absolute Gasteiger partial charge is 0.326 e. The number of amides is 1. The van der Waals surface area contributed by atoms with Crippen molar-refractivity contribution in [2.24, 2.45) is 0 Å². The van der Waals surface area contributed by atoms with Gasteiger partial charge in [-0.2, -0.15) is 0 Å². The van der Waals surface area contributed by atoms with Gasteiger partial charge in [-0.1, -0.05) is 23.2 Å². The van der Waals surface area contributed by atoms with E-state index in [1.807, 2.05) is 0 Å². The Labute approximate surface area is 80.5 Å². The van der Waals surface area contributed by atoms with Gasteiger partial charge in [0.05, 0.1) is 0 Å².